The van der Waals surface area contributed by atoms with E-state index in [1.165, 1.54) is 24.0 Å². The summed E-state index contributed by atoms with van der Waals surface area (Å²) in [6.07, 6.45) is 0.792. The molecule has 2 aromatic carbocycles. The Morgan fingerprint density at radius 3 is 2.44 bits per heavy atom. The Labute approximate surface area is 164 Å². The fourth-order valence-electron chi connectivity index (χ4n) is 2.65. The molecule has 1 aromatic heterocycles. The molecule has 142 valence electrons. The number of sulfonamides is 1. The highest BCUT2D eigenvalue weighted by Crippen LogP contribution is 2.24. The Morgan fingerprint density at radius 2 is 1.74 bits per heavy atom. The predicted octanol–water partition coefficient (Wildman–Crippen LogP) is 3.85. The first-order valence-electron chi connectivity index (χ1n) is 8.60. The lowest BCUT2D eigenvalue weighted by atomic mass is 10.1. The molecular formula is C20H23N3O2S2. The summed E-state index contributed by atoms with van der Waals surface area (Å²) in [6, 6.07) is 17.3. The van der Waals surface area contributed by atoms with Gasteiger partial charge in [-0.3, -0.25) is 0 Å². The molecule has 1 heterocycles. The zero-order valence-corrected chi connectivity index (χ0v) is 17.3. The average molecular weight is 402 g/mol. The number of H-pyrrole nitrogens is 1. The summed E-state index contributed by atoms with van der Waals surface area (Å²) < 4.78 is 25.8. The van der Waals surface area contributed by atoms with Gasteiger partial charge in [-0.2, -0.15) is 0 Å². The van der Waals surface area contributed by atoms with Crippen molar-refractivity contribution in [2.45, 2.75) is 29.1 Å². The summed E-state index contributed by atoms with van der Waals surface area (Å²) in [4.78, 5) is 8.34. The van der Waals surface area contributed by atoms with Crippen LogP contribution >= 0.6 is 11.8 Å². The van der Waals surface area contributed by atoms with Crippen molar-refractivity contribution < 1.29 is 8.42 Å². The number of nitrogens with one attached hydrogen (secondary N) is 1. The molecule has 0 fully saturated rings. The summed E-state index contributed by atoms with van der Waals surface area (Å²) in [5.41, 5.74) is 4.27. The molecule has 0 bridgehead atoms. The Morgan fingerprint density at radius 1 is 1.04 bits per heavy atom. The number of rotatable bonds is 7. The van der Waals surface area contributed by atoms with Gasteiger partial charge in [0, 0.05) is 32.0 Å². The third-order valence-electron chi connectivity index (χ3n) is 4.23. The van der Waals surface area contributed by atoms with Gasteiger partial charge in [0.1, 0.15) is 0 Å². The van der Waals surface area contributed by atoms with Crippen LogP contribution in [0.3, 0.4) is 0 Å². The van der Waals surface area contributed by atoms with Crippen LogP contribution in [0.5, 0.6) is 0 Å². The monoisotopic (exact) mass is 401 g/mol. The van der Waals surface area contributed by atoms with Crippen LogP contribution in [0.25, 0.3) is 0 Å². The van der Waals surface area contributed by atoms with E-state index in [1.807, 2.05) is 31.2 Å². The highest BCUT2D eigenvalue weighted by Gasteiger charge is 2.17. The van der Waals surface area contributed by atoms with E-state index in [2.05, 4.69) is 17.1 Å². The molecular weight excluding hydrogens is 378 g/mol. The topological polar surface area (TPSA) is 66.1 Å². The zero-order chi connectivity index (χ0) is 19.4. The maximum Gasteiger partial charge on any atom is 0.242 e. The van der Waals surface area contributed by atoms with Crippen LogP contribution in [0.15, 0.2) is 64.6 Å². The number of aromatic amines is 1. The molecule has 3 rings (SSSR count). The molecule has 0 unspecified atom stereocenters. The lowest BCUT2D eigenvalue weighted by molar-refractivity contribution is 0.520. The Kier molecular flexibility index (Phi) is 6.04. The molecule has 1 N–H and O–H groups in total. The Balaban J connectivity index is 1.70. The molecule has 0 amide bonds. The van der Waals surface area contributed by atoms with Gasteiger partial charge in [0.25, 0.3) is 0 Å². The van der Waals surface area contributed by atoms with Crippen LogP contribution < -0.4 is 0 Å². The van der Waals surface area contributed by atoms with Gasteiger partial charge in [0.2, 0.25) is 10.0 Å². The van der Waals surface area contributed by atoms with Gasteiger partial charge >= 0.3 is 0 Å². The van der Waals surface area contributed by atoms with Gasteiger partial charge < -0.3 is 4.98 Å². The van der Waals surface area contributed by atoms with Gasteiger partial charge in [-0.15, -0.1) is 0 Å². The zero-order valence-electron chi connectivity index (χ0n) is 15.6. The van der Waals surface area contributed by atoms with Crippen molar-refractivity contribution in [2.75, 3.05) is 14.1 Å². The molecule has 0 aliphatic rings. The van der Waals surface area contributed by atoms with Crippen LogP contribution in [0.4, 0.5) is 0 Å². The van der Waals surface area contributed by atoms with E-state index in [4.69, 9.17) is 4.98 Å². The SMILES string of the molecule is Cc1[nH]c(SCc2cccc(S(=O)(=O)N(C)C)c2)nc1Cc1ccccc1. The normalized spacial score (nSPS) is 11.9. The second kappa shape index (κ2) is 8.29. The standard InChI is InChI=1S/C20H23N3O2S2/c1-15-19(13-16-8-5-4-6-9-16)22-20(21-15)26-14-17-10-7-11-18(12-17)27(24,25)23(2)3/h4-12H,13-14H2,1-3H3,(H,21,22). The lowest BCUT2D eigenvalue weighted by Gasteiger charge is -2.12. The van der Waals surface area contributed by atoms with Crippen molar-refractivity contribution in [1.29, 1.82) is 0 Å². The summed E-state index contributed by atoms with van der Waals surface area (Å²) in [5, 5.41) is 0.847. The van der Waals surface area contributed by atoms with Crippen LogP contribution in [0.2, 0.25) is 0 Å². The molecule has 0 aliphatic heterocycles. The minimum atomic E-state index is -3.42. The number of hydrogen-bond acceptors (Lipinski definition) is 4. The smallest absolute Gasteiger partial charge is 0.242 e. The molecule has 3 aromatic rings. The van der Waals surface area contributed by atoms with Crippen LogP contribution in [-0.2, 0) is 22.2 Å². The first-order valence-corrected chi connectivity index (χ1v) is 11.0. The molecule has 0 radical (unpaired) electrons. The number of aryl methyl sites for hydroxylation is 1. The fraction of sp³-hybridized carbons (Fsp3) is 0.250. The summed E-state index contributed by atoms with van der Waals surface area (Å²) >= 11 is 1.57. The van der Waals surface area contributed by atoms with Gasteiger partial charge in [0.15, 0.2) is 5.16 Å². The van der Waals surface area contributed by atoms with Gasteiger partial charge in [-0.25, -0.2) is 17.7 Å². The minimum Gasteiger partial charge on any atom is -0.337 e. The van der Waals surface area contributed by atoms with E-state index in [0.717, 1.165) is 28.5 Å². The lowest BCUT2D eigenvalue weighted by Crippen LogP contribution is -2.22. The number of thioether (sulfide) groups is 1. The van der Waals surface area contributed by atoms with Crippen molar-refractivity contribution >= 4 is 21.8 Å². The molecule has 27 heavy (non-hydrogen) atoms. The van der Waals surface area contributed by atoms with E-state index >= 15 is 0 Å². The summed E-state index contributed by atoms with van der Waals surface area (Å²) in [5.74, 6) is 0.647. The van der Waals surface area contributed by atoms with Gasteiger partial charge in [-0.1, -0.05) is 54.2 Å². The summed E-state index contributed by atoms with van der Waals surface area (Å²) in [6.45, 7) is 2.03. The second-order valence-corrected chi connectivity index (χ2v) is 9.62. The maximum atomic E-state index is 12.3. The van der Waals surface area contributed by atoms with Crippen molar-refractivity contribution in [2.24, 2.45) is 0 Å². The fourth-order valence-corrected chi connectivity index (χ4v) is 4.51. The van der Waals surface area contributed by atoms with Crippen molar-refractivity contribution in [1.82, 2.24) is 14.3 Å². The highest BCUT2D eigenvalue weighted by atomic mass is 32.2. The Bertz CT molecular complexity index is 1010. The van der Waals surface area contributed by atoms with Crippen molar-refractivity contribution in [3.05, 3.63) is 77.1 Å². The first kappa shape index (κ1) is 19.7. The molecule has 7 heteroatoms. The molecule has 0 spiro atoms. The first-order chi connectivity index (χ1) is 12.9. The molecule has 0 aliphatic carbocycles. The number of aromatic nitrogens is 2. The third-order valence-corrected chi connectivity index (χ3v) is 6.99. The van der Waals surface area contributed by atoms with Crippen molar-refractivity contribution in [3.63, 3.8) is 0 Å². The third kappa shape index (κ3) is 4.80. The molecule has 5 nitrogen and oxygen atoms in total. The highest BCUT2D eigenvalue weighted by molar-refractivity contribution is 7.98. The minimum absolute atomic E-state index is 0.311. The van der Waals surface area contributed by atoms with E-state index in [-0.39, 0.29) is 0 Å². The van der Waals surface area contributed by atoms with Gasteiger partial charge in [0.05, 0.1) is 10.6 Å². The predicted molar refractivity (Wildman–Crippen MR) is 109 cm³/mol. The quantitative estimate of drug-likeness (QED) is 0.611. The van der Waals surface area contributed by atoms with Gasteiger partial charge in [-0.05, 0) is 30.2 Å². The van der Waals surface area contributed by atoms with E-state index in [1.54, 1.807) is 30.0 Å². The maximum absolute atomic E-state index is 12.3. The number of imidazole rings is 1. The van der Waals surface area contributed by atoms with E-state index < -0.39 is 10.0 Å². The van der Waals surface area contributed by atoms with Crippen LogP contribution in [0.1, 0.15) is 22.5 Å². The Hall–Kier alpha value is -2.09. The average Bonchev–Trinajstić information content (AvgIpc) is 3.00. The molecule has 0 saturated heterocycles. The van der Waals surface area contributed by atoms with E-state index in [0.29, 0.717) is 10.6 Å². The largest absolute Gasteiger partial charge is 0.337 e. The number of benzene rings is 2. The molecule has 0 atom stereocenters. The molecule has 0 saturated carbocycles. The van der Waals surface area contributed by atoms with E-state index in [9.17, 15) is 8.42 Å². The number of nitrogens with zero attached hydrogens (tertiary/aromatic N) is 2. The van der Waals surface area contributed by atoms with Crippen LogP contribution in [0, 0.1) is 6.92 Å². The van der Waals surface area contributed by atoms with Crippen molar-refractivity contribution in [3.8, 4) is 0 Å². The second-order valence-electron chi connectivity index (χ2n) is 6.50. The summed E-state index contributed by atoms with van der Waals surface area (Å²) in [7, 11) is -0.342. The van der Waals surface area contributed by atoms with Crippen LogP contribution in [-0.4, -0.2) is 36.8 Å². The number of hydrogen-bond donors (Lipinski definition) is 1.